The Morgan fingerprint density at radius 3 is 2.33 bits per heavy atom. The topological polar surface area (TPSA) is 75.7 Å². The van der Waals surface area contributed by atoms with Crippen molar-refractivity contribution >= 4 is 15.9 Å². The fourth-order valence-corrected chi connectivity index (χ4v) is 2.88. The fraction of sp³-hybridized carbons (Fsp3) is 0.500. The predicted molar refractivity (Wildman–Crippen MR) is 80.9 cm³/mol. The van der Waals surface area contributed by atoms with Gasteiger partial charge in [-0.3, -0.25) is 4.79 Å². The number of alkyl halides is 3. The van der Waals surface area contributed by atoms with Crippen LogP contribution in [0.4, 0.5) is 13.2 Å². The molecule has 0 aromatic heterocycles. The van der Waals surface area contributed by atoms with Crippen molar-refractivity contribution in [1.29, 1.82) is 0 Å². The Bertz CT molecular complexity index is 645. The van der Waals surface area contributed by atoms with Crippen LogP contribution in [0.2, 0.25) is 0 Å². The van der Waals surface area contributed by atoms with Gasteiger partial charge in [0.05, 0.1) is 4.90 Å². The fourth-order valence-electron chi connectivity index (χ4n) is 1.85. The molecule has 0 atom stereocenters. The van der Waals surface area contributed by atoms with Crippen LogP contribution in [-0.4, -0.2) is 45.7 Å². The Morgan fingerprint density at radius 1 is 1.25 bits per heavy atom. The average Bonchev–Trinajstić information content (AvgIpc) is 2.46. The van der Waals surface area contributed by atoms with Crippen molar-refractivity contribution in [2.24, 2.45) is 0 Å². The molecule has 6 nitrogen and oxygen atoms in total. The second kappa shape index (κ2) is 8.34. The number of hydrogen-bond donors (Lipinski definition) is 1. The van der Waals surface area contributed by atoms with Gasteiger partial charge in [-0.1, -0.05) is 6.92 Å². The van der Waals surface area contributed by atoms with E-state index in [4.69, 9.17) is 0 Å². The summed E-state index contributed by atoms with van der Waals surface area (Å²) in [5.74, 6) is -0.716. The van der Waals surface area contributed by atoms with Crippen LogP contribution in [0.3, 0.4) is 0 Å². The van der Waals surface area contributed by atoms with E-state index >= 15 is 0 Å². The van der Waals surface area contributed by atoms with E-state index in [1.54, 1.807) is 7.05 Å². The van der Waals surface area contributed by atoms with Crippen LogP contribution in [0.25, 0.3) is 0 Å². The molecule has 0 unspecified atom stereocenters. The van der Waals surface area contributed by atoms with Gasteiger partial charge < -0.3 is 9.64 Å². The maximum atomic E-state index is 12.0. The first kappa shape index (κ1) is 20.2. The highest BCUT2D eigenvalue weighted by molar-refractivity contribution is 7.89. The van der Waals surface area contributed by atoms with Gasteiger partial charge in [-0.25, -0.2) is 13.1 Å². The maximum Gasteiger partial charge on any atom is 0.573 e. The van der Waals surface area contributed by atoms with Crippen molar-refractivity contribution in [1.82, 2.24) is 9.62 Å². The third kappa shape index (κ3) is 6.75. The highest BCUT2D eigenvalue weighted by Gasteiger charge is 2.31. The Hall–Kier alpha value is -1.81. The zero-order valence-electron chi connectivity index (χ0n) is 13.3. The summed E-state index contributed by atoms with van der Waals surface area (Å²) < 4.78 is 66.1. The summed E-state index contributed by atoms with van der Waals surface area (Å²) >= 11 is 0. The van der Waals surface area contributed by atoms with Crippen molar-refractivity contribution in [3.8, 4) is 5.75 Å². The van der Waals surface area contributed by atoms with Gasteiger partial charge in [-0.2, -0.15) is 0 Å². The first-order valence-corrected chi connectivity index (χ1v) is 8.63. The summed E-state index contributed by atoms with van der Waals surface area (Å²) in [6.07, 6.45) is -4.06. The molecule has 0 aliphatic rings. The van der Waals surface area contributed by atoms with E-state index in [0.29, 0.717) is 6.54 Å². The third-order valence-corrected chi connectivity index (χ3v) is 4.46. The van der Waals surface area contributed by atoms with Crippen molar-refractivity contribution in [2.45, 2.75) is 31.0 Å². The summed E-state index contributed by atoms with van der Waals surface area (Å²) in [6, 6.07) is 3.80. The van der Waals surface area contributed by atoms with Gasteiger partial charge >= 0.3 is 6.36 Å². The number of rotatable bonds is 8. The van der Waals surface area contributed by atoms with Gasteiger partial charge in [-0.05, 0) is 30.7 Å². The van der Waals surface area contributed by atoms with E-state index in [2.05, 4.69) is 9.46 Å². The number of carbonyl (C=O) groups is 1. The van der Waals surface area contributed by atoms with Gasteiger partial charge in [0.25, 0.3) is 0 Å². The molecule has 0 radical (unpaired) electrons. The summed E-state index contributed by atoms with van der Waals surface area (Å²) in [5, 5.41) is 0. The minimum Gasteiger partial charge on any atom is -0.406 e. The SMILES string of the molecule is CCCN(C)C(=O)CCNS(=O)(=O)c1ccc(OC(F)(F)F)cc1. The molecule has 0 spiro atoms. The van der Waals surface area contributed by atoms with Gasteiger partial charge in [0.15, 0.2) is 0 Å². The maximum absolute atomic E-state index is 12.0. The van der Waals surface area contributed by atoms with Crippen LogP contribution in [0.1, 0.15) is 19.8 Å². The van der Waals surface area contributed by atoms with Gasteiger partial charge in [0, 0.05) is 26.6 Å². The molecule has 24 heavy (non-hydrogen) atoms. The molecule has 1 amide bonds. The van der Waals surface area contributed by atoms with Crippen LogP contribution in [0.15, 0.2) is 29.2 Å². The molecule has 0 heterocycles. The van der Waals surface area contributed by atoms with Crippen LogP contribution < -0.4 is 9.46 Å². The highest BCUT2D eigenvalue weighted by atomic mass is 32.2. The lowest BCUT2D eigenvalue weighted by Gasteiger charge is -2.16. The van der Waals surface area contributed by atoms with Crippen LogP contribution in [-0.2, 0) is 14.8 Å². The molecule has 0 aliphatic heterocycles. The summed E-state index contributed by atoms with van der Waals surface area (Å²) in [5.41, 5.74) is 0. The van der Waals surface area contributed by atoms with E-state index in [1.807, 2.05) is 6.92 Å². The number of nitrogens with one attached hydrogen (secondary N) is 1. The van der Waals surface area contributed by atoms with Crippen LogP contribution in [0, 0.1) is 0 Å². The molecule has 1 N–H and O–H groups in total. The zero-order valence-corrected chi connectivity index (χ0v) is 14.1. The largest absolute Gasteiger partial charge is 0.573 e. The van der Waals surface area contributed by atoms with Crippen LogP contribution >= 0.6 is 0 Å². The highest BCUT2D eigenvalue weighted by Crippen LogP contribution is 2.23. The Kier molecular flexibility index (Phi) is 7.03. The van der Waals surface area contributed by atoms with E-state index in [1.165, 1.54) is 4.90 Å². The molecule has 1 aromatic rings. The molecule has 1 aromatic carbocycles. The van der Waals surface area contributed by atoms with E-state index in [0.717, 1.165) is 30.7 Å². The predicted octanol–water partition coefficient (Wildman–Crippen LogP) is 2.12. The first-order valence-electron chi connectivity index (χ1n) is 7.14. The summed E-state index contributed by atoms with van der Waals surface area (Å²) in [6.45, 7) is 2.39. The standard InChI is InChI=1S/C14H19F3N2O4S/c1-3-10-19(2)13(20)8-9-18-24(21,22)12-6-4-11(5-7-12)23-14(15,16)17/h4-7,18H,3,8-10H2,1-2H3. The zero-order chi connectivity index (χ0) is 18.4. The lowest BCUT2D eigenvalue weighted by molar-refractivity contribution is -0.274. The lowest BCUT2D eigenvalue weighted by atomic mass is 10.3. The minimum atomic E-state index is -4.84. The molecular weight excluding hydrogens is 349 g/mol. The number of carbonyl (C=O) groups excluding carboxylic acids is 1. The summed E-state index contributed by atoms with van der Waals surface area (Å²) in [4.78, 5) is 13.0. The quantitative estimate of drug-likeness (QED) is 0.763. The number of ether oxygens (including phenoxy) is 1. The first-order chi connectivity index (χ1) is 11.0. The normalized spacial score (nSPS) is 12.0. The Labute approximate surface area is 138 Å². The average molecular weight is 368 g/mol. The van der Waals surface area contributed by atoms with E-state index in [9.17, 15) is 26.4 Å². The number of sulfonamides is 1. The molecule has 1 rings (SSSR count). The molecule has 136 valence electrons. The van der Waals surface area contributed by atoms with Crippen molar-refractivity contribution < 1.29 is 31.1 Å². The van der Waals surface area contributed by atoms with Gasteiger partial charge in [0.1, 0.15) is 5.75 Å². The molecule has 10 heteroatoms. The molecule has 0 aliphatic carbocycles. The molecule has 0 fully saturated rings. The van der Waals surface area contributed by atoms with Crippen molar-refractivity contribution in [3.63, 3.8) is 0 Å². The number of nitrogens with zero attached hydrogens (tertiary/aromatic N) is 1. The van der Waals surface area contributed by atoms with Gasteiger partial charge in [-0.15, -0.1) is 13.2 Å². The van der Waals surface area contributed by atoms with Crippen LogP contribution in [0.5, 0.6) is 5.75 Å². The second-order valence-corrected chi connectivity index (χ2v) is 6.75. The number of halogens is 3. The van der Waals surface area contributed by atoms with E-state index < -0.39 is 22.1 Å². The number of benzene rings is 1. The Balaban J connectivity index is 2.61. The lowest BCUT2D eigenvalue weighted by Crippen LogP contribution is -2.32. The van der Waals surface area contributed by atoms with Crippen molar-refractivity contribution in [3.05, 3.63) is 24.3 Å². The number of hydrogen-bond acceptors (Lipinski definition) is 4. The monoisotopic (exact) mass is 368 g/mol. The Morgan fingerprint density at radius 2 is 1.83 bits per heavy atom. The molecular formula is C14H19F3N2O4S. The molecule has 0 bridgehead atoms. The van der Waals surface area contributed by atoms with Gasteiger partial charge in [0.2, 0.25) is 15.9 Å². The molecule has 0 saturated heterocycles. The molecule has 0 saturated carbocycles. The second-order valence-electron chi connectivity index (χ2n) is 4.98. The smallest absolute Gasteiger partial charge is 0.406 e. The third-order valence-electron chi connectivity index (χ3n) is 2.98. The minimum absolute atomic E-state index is 0.00893. The summed E-state index contributed by atoms with van der Waals surface area (Å²) in [7, 11) is -2.29. The van der Waals surface area contributed by atoms with Crippen molar-refractivity contribution in [2.75, 3.05) is 20.1 Å². The number of amides is 1. The van der Waals surface area contributed by atoms with E-state index in [-0.39, 0.29) is 23.8 Å².